The molecule has 0 bridgehead atoms. The molecule has 0 radical (unpaired) electrons. The van der Waals surface area contributed by atoms with Crippen LogP contribution in [0.2, 0.25) is 0 Å². The summed E-state index contributed by atoms with van der Waals surface area (Å²) >= 11 is 0. The molecule has 1 heterocycles. The van der Waals surface area contributed by atoms with Gasteiger partial charge in [-0.2, -0.15) is 0 Å². The Hall–Kier alpha value is -3.48. The average Bonchev–Trinajstić information content (AvgIpc) is 2.70. The molecular formula is C20H18FN3O3. The van der Waals surface area contributed by atoms with E-state index in [-0.39, 0.29) is 17.5 Å². The van der Waals surface area contributed by atoms with E-state index >= 15 is 0 Å². The number of carbonyl (C=O) groups excluding carboxylic acids is 1. The second-order valence-corrected chi connectivity index (χ2v) is 5.77. The number of para-hydroxylation sites is 1. The van der Waals surface area contributed by atoms with Crippen LogP contribution in [0.15, 0.2) is 60.7 Å². The van der Waals surface area contributed by atoms with E-state index < -0.39 is 11.8 Å². The average molecular weight is 367 g/mol. The molecule has 1 aromatic heterocycles. The van der Waals surface area contributed by atoms with Gasteiger partial charge in [-0.05, 0) is 48.9 Å². The first-order valence-corrected chi connectivity index (χ1v) is 8.28. The summed E-state index contributed by atoms with van der Waals surface area (Å²) in [5, 5.41) is 10.8. The van der Waals surface area contributed by atoms with Crippen molar-refractivity contribution in [3.63, 3.8) is 0 Å². The lowest BCUT2D eigenvalue weighted by Crippen LogP contribution is -2.11. The van der Waals surface area contributed by atoms with Gasteiger partial charge in [0.2, 0.25) is 0 Å². The molecule has 0 aliphatic heterocycles. The van der Waals surface area contributed by atoms with E-state index in [1.54, 1.807) is 30.3 Å². The highest BCUT2D eigenvalue weighted by Crippen LogP contribution is 2.27. The maximum absolute atomic E-state index is 14.4. The molecule has 3 aromatic rings. The first-order chi connectivity index (χ1) is 13.1. The normalized spacial score (nSPS) is 11.5. The Morgan fingerprint density at radius 2 is 1.85 bits per heavy atom. The topological polar surface area (TPSA) is 73.3 Å². The Bertz CT molecular complexity index is 918. The minimum Gasteiger partial charge on any atom is -0.464 e. The summed E-state index contributed by atoms with van der Waals surface area (Å²) < 4.78 is 24.5. The number of ether oxygens (including phenoxy) is 2. The summed E-state index contributed by atoms with van der Waals surface area (Å²) in [4.78, 5) is 11.4. The first-order valence-electron chi connectivity index (χ1n) is 8.28. The predicted octanol–water partition coefficient (Wildman–Crippen LogP) is 4.37. The van der Waals surface area contributed by atoms with Crippen molar-refractivity contribution < 1.29 is 18.7 Å². The molecule has 0 aliphatic rings. The van der Waals surface area contributed by atoms with Crippen molar-refractivity contribution in [2.75, 3.05) is 12.4 Å². The van der Waals surface area contributed by atoms with Crippen LogP contribution in [-0.4, -0.2) is 23.3 Å². The van der Waals surface area contributed by atoms with Gasteiger partial charge in [0.15, 0.2) is 17.3 Å². The standard InChI is InChI=1S/C20H18FN3O3/c1-13(22-19-11-9-17(23-24-19)20(25)26-2)14-8-10-18(16(21)12-14)27-15-6-4-3-5-7-15/h3-13H,1-2H3,(H,22,24)/t13-/m1/s1. The SMILES string of the molecule is COC(=O)c1ccc(N[C@H](C)c2ccc(Oc3ccccc3)c(F)c2)nn1. The van der Waals surface area contributed by atoms with Gasteiger partial charge in [0, 0.05) is 0 Å². The number of hydrogen-bond acceptors (Lipinski definition) is 6. The molecule has 138 valence electrons. The quantitative estimate of drug-likeness (QED) is 0.652. The van der Waals surface area contributed by atoms with Crippen molar-refractivity contribution in [1.82, 2.24) is 10.2 Å². The van der Waals surface area contributed by atoms with Crippen LogP contribution >= 0.6 is 0 Å². The van der Waals surface area contributed by atoms with Crippen LogP contribution in [0.4, 0.5) is 10.2 Å². The number of methoxy groups -OCH3 is 1. The Morgan fingerprint density at radius 1 is 1.07 bits per heavy atom. The van der Waals surface area contributed by atoms with Gasteiger partial charge in [-0.15, -0.1) is 10.2 Å². The zero-order chi connectivity index (χ0) is 19.2. The van der Waals surface area contributed by atoms with Crippen molar-refractivity contribution >= 4 is 11.8 Å². The van der Waals surface area contributed by atoms with E-state index in [0.717, 1.165) is 0 Å². The fourth-order valence-electron chi connectivity index (χ4n) is 2.41. The van der Waals surface area contributed by atoms with Gasteiger partial charge in [0.1, 0.15) is 11.6 Å². The molecule has 6 nitrogen and oxygen atoms in total. The number of aromatic nitrogens is 2. The number of halogens is 1. The summed E-state index contributed by atoms with van der Waals surface area (Å²) in [6.07, 6.45) is 0. The van der Waals surface area contributed by atoms with E-state index in [0.29, 0.717) is 17.1 Å². The Morgan fingerprint density at radius 3 is 2.48 bits per heavy atom. The molecule has 7 heteroatoms. The van der Waals surface area contributed by atoms with Gasteiger partial charge >= 0.3 is 5.97 Å². The fraction of sp³-hybridized carbons (Fsp3) is 0.150. The highest BCUT2D eigenvalue weighted by molar-refractivity contribution is 5.86. The number of rotatable bonds is 6. The van der Waals surface area contributed by atoms with Crippen molar-refractivity contribution in [3.8, 4) is 11.5 Å². The zero-order valence-electron chi connectivity index (χ0n) is 14.8. The second kappa shape index (κ2) is 8.27. The lowest BCUT2D eigenvalue weighted by atomic mass is 10.1. The summed E-state index contributed by atoms with van der Waals surface area (Å²) in [6.45, 7) is 1.86. The van der Waals surface area contributed by atoms with Gasteiger partial charge in [-0.25, -0.2) is 9.18 Å². The minimum absolute atomic E-state index is 0.115. The third-order valence-electron chi connectivity index (χ3n) is 3.85. The molecule has 0 spiro atoms. The first kappa shape index (κ1) is 18.3. The van der Waals surface area contributed by atoms with Crippen LogP contribution in [0.25, 0.3) is 0 Å². The number of nitrogens with one attached hydrogen (secondary N) is 1. The molecule has 2 aromatic carbocycles. The number of hydrogen-bond donors (Lipinski definition) is 1. The highest BCUT2D eigenvalue weighted by atomic mass is 19.1. The monoisotopic (exact) mass is 367 g/mol. The molecule has 0 fully saturated rings. The molecule has 0 amide bonds. The zero-order valence-corrected chi connectivity index (χ0v) is 14.8. The van der Waals surface area contributed by atoms with E-state index in [9.17, 15) is 9.18 Å². The molecular weight excluding hydrogens is 349 g/mol. The van der Waals surface area contributed by atoms with E-state index in [4.69, 9.17) is 4.74 Å². The van der Waals surface area contributed by atoms with Crippen molar-refractivity contribution in [2.24, 2.45) is 0 Å². The summed E-state index contributed by atoms with van der Waals surface area (Å²) in [5.74, 6) is 0.158. The van der Waals surface area contributed by atoms with Crippen molar-refractivity contribution in [3.05, 3.63) is 77.7 Å². The molecule has 1 atom stereocenters. The third-order valence-corrected chi connectivity index (χ3v) is 3.85. The molecule has 0 saturated carbocycles. The summed E-state index contributed by atoms with van der Waals surface area (Å²) in [6, 6.07) is 16.7. The second-order valence-electron chi connectivity index (χ2n) is 5.77. The Kier molecular flexibility index (Phi) is 5.61. The lowest BCUT2D eigenvalue weighted by Gasteiger charge is -2.16. The van der Waals surface area contributed by atoms with Crippen LogP contribution in [-0.2, 0) is 4.74 Å². The predicted molar refractivity (Wildman–Crippen MR) is 98.3 cm³/mol. The van der Waals surface area contributed by atoms with E-state index in [1.807, 2.05) is 25.1 Å². The molecule has 27 heavy (non-hydrogen) atoms. The number of esters is 1. The molecule has 1 N–H and O–H groups in total. The number of carbonyl (C=O) groups is 1. The van der Waals surface area contributed by atoms with Gasteiger partial charge in [0.25, 0.3) is 0 Å². The van der Waals surface area contributed by atoms with Crippen molar-refractivity contribution in [1.29, 1.82) is 0 Å². The molecule has 3 rings (SSSR count). The lowest BCUT2D eigenvalue weighted by molar-refractivity contribution is 0.0592. The minimum atomic E-state index is -0.557. The highest BCUT2D eigenvalue weighted by Gasteiger charge is 2.13. The van der Waals surface area contributed by atoms with Crippen LogP contribution in [0.3, 0.4) is 0 Å². The van der Waals surface area contributed by atoms with Gasteiger partial charge < -0.3 is 14.8 Å². The Balaban J connectivity index is 1.69. The number of nitrogens with zero attached hydrogens (tertiary/aromatic N) is 2. The van der Waals surface area contributed by atoms with Crippen molar-refractivity contribution in [2.45, 2.75) is 13.0 Å². The maximum Gasteiger partial charge on any atom is 0.358 e. The molecule has 0 saturated heterocycles. The van der Waals surface area contributed by atoms with Crippen LogP contribution in [0, 0.1) is 5.82 Å². The fourth-order valence-corrected chi connectivity index (χ4v) is 2.41. The van der Waals surface area contributed by atoms with Gasteiger partial charge in [0.05, 0.1) is 13.2 Å². The van der Waals surface area contributed by atoms with Crippen LogP contribution in [0.5, 0.6) is 11.5 Å². The summed E-state index contributed by atoms with van der Waals surface area (Å²) in [7, 11) is 1.28. The van der Waals surface area contributed by atoms with Crippen LogP contribution < -0.4 is 10.1 Å². The van der Waals surface area contributed by atoms with Gasteiger partial charge in [-0.1, -0.05) is 24.3 Å². The van der Waals surface area contributed by atoms with Crippen LogP contribution in [0.1, 0.15) is 29.0 Å². The van der Waals surface area contributed by atoms with E-state index in [1.165, 1.54) is 19.2 Å². The summed E-state index contributed by atoms with van der Waals surface area (Å²) in [5.41, 5.74) is 0.830. The number of benzene rings is 2. The molecule has 0 aliphatic carbocycles. The van der Waals surface area contributed by atoms with E-state index in [2.05, 4.69) is 20.3 Å². The largest absolute Gasteiger partial charge is 0.464 e. The van der Waals surface area contributed by atoms with Gasteiger partial charge in [-0.3, -0.25) is 0 Å². The third kappa shape index (κ3) is 4.58. The molecule has 0 unspecified atom stereocenters. The smallest absolute Gasteiger partial charge is 0.358 e. The maximum atomic E-state index is 14.4. The Labute approximate surface area is 156 Å². The number of anilines is 1.